The quantitative estimate of drug-likeness (QED) is 0.553. The first-order chi connectivity index (χ1) is 8.79. The Kier molecular flexibility index (Phi) is 4.45. The first kappa shape index (κ1) is 12.7. The van der Waals surface area contributed by atoms with Gasteiger partial charge in [0.1, 0.15) is 0 Å². The summed E-state index contributed by atoms with van der Waals surface area (Å²) < 4.78 is 0. The average molecular weight is 247 g/mol. The summed E-state index contributed by atoms with van der Waals surface area (Å²) in [5.41, 5.74) is 8.31. The van der Waals surface area contributed by atoms with Gasteiger partial charge in [-0.15, -0.1) is 0 Å². The monoisotopic (exact) mass is 247 g/mol. The summed E-state index contributed by atoms with van der Waals surface area (Å²) in [5.74, 6) is 0.769. The minimum Gasteiger partial charge on any atom is -0.397 e. The van der Waals surface area contributed by atoms with E-state index in [1.54, 1.807) is 6.07 Å². The summed E-state index contributed by atoms with van der Waals surface area (Å²) in [6.45, 7) is 0.991. The minimum absolute atomic E-state index is 0.657. The van der Waals surface area contributed by atoms with Gasteiger partial charge in [0.05, 0.1) is 11.4 Å². The Balaban J connectivity index is 1.90. The van der Waals surface area contributed by atoms with Gasteiger partial charge in [0.2, 0.25) is 6.41 Å². The minimum atomic E-state index is 0.657. The van der Waals surface area contributed by atoms with Gasteiger partial charge < -0.3 is 16.4 Å². The fourth-order valence-corrected chi connectivity index (χ4v) is 2.53. The summed E-state index contributed by atoms with van der Waals surface area (Å²) in [7, 11) is 0. The van der Waals surface area contributed by atoms with Crippen molar-refractivity contribution in [1.29, 1.82) is 0 Å². The zero-order valence-corrected chi connectivity index (χ0v) is 10.6. The zero-order chi connectivity index (χ0) is 12.8. The molecule has 1 fully saturated rings. The highest BCUT2D eigenvalue weighted by Gasteiger charge is 2.13. The molecule has 18 heavy (non-hydrogen) atoms. The Morgan fingerprint density at radius 2 is 2.06 bits per heavy atom. The number of rotatable bonds is 5. The predicted octanol–water partition coefficient (Wildman–Crippen LogP) is 2.83. The van der Waals surface area contributed by atoms with E-state index in [1.807, 2.05) is 12.1 Å². The van der Waals surface area contributed by atoms with Crippen LogP contribution in [0.4, 0.5) is 17.1 Å². The average Bonchev–Trinajstić information content (AvgIpc) is 2.39. The molecule has 0 bridgehead atoms. The second-order valence-electron chi connectivity index (χ2n) is 4.95. The normalized spacial score (nSPS) is 16.2. The lowest BCUT2D eigenvalue weighted by atomic mass is 9.89. The number of nitrogens with two attached hydrogens (primary N) is 1. The third kappa shape index (κ3) is 3.39. The summed E-state index contributed by atoms with van der Waals surface area (Å²) >= 11 is 0. The van der Waals surface area contributed by atoms with E-state index in [0.29, 0.717) is 12.1 Å². The molecule has 98 valence electrons. The van der Waals surface area contributed by atoms with Crippen molar-refractivity contribution >= 4 is 23.5 Å². The molecule has 2 rings (SSSR count). The number of hydrogen-bond donors (Lipinski definition) is 3. The second-order valence-corrected chi connectivity index (χ2v) is 4.95. The number of carbonyl (C=O) groups is 1. The van der Waals surface area contributed by atoms with Crippen LogP contribution in [-0.4, -0.2) is 13.0 Å². The summed E-state index contributed by atoms with van der Waals surface area (Å²) in [5, 5.41) is 6.00. The fourth-order valence-electron chi connectivity index (χ4n) is 2.53. The lowest BCUT2D eigenvalue weighted by Gasteiger charge is -2.22. The van der Waals surface area contributed by atoms with E-state index in [9.17, 15) is 4.79 Å². The Morgan fingerprint density at radius 3 is 2.72 bits per heavy atom. The van der Waals surface area contributed by atoms with Crippen LogP contribution in [0.25, 0.3) is 0 Å². The standard InChI is InChI=1S/C14H21N3O/c15-13-8-12(17-10-18)6-7-14(13)16-9-11-4-2-1-3-5-11/h6-8,10-11,16H,1-5,9,15H2,(H,17,18). The Hall–Kier alpha value is -1.71. The summed E-state index contributed by atoms with van der Waals surface area (Å²) in [4.78, 5) is 10.3. The van der Waals surface area contributed by atoms with Gasteiger partial charge in [-0.2, -0.15) is 0 Å². The highest BCUT2D eigenvalue weighted by Crippen LogP contribution is 2.26. The van der Waals surface area contributed by atoms with Gasteiger partial charge in [0.15, 0.2) is 0 Å². The van der Waals surface area contributed by atoms with E-state index in [1.165, 1.54) is 32.1 Å². The van der Waals surface area contributed by atoms with E-state index in [0.717, 1.165) is 23.8 Å². The molecule has 1 aliphatic carbocycles. The van der Waals surface area contributed by atoms with Crippen LogP contribution in [0.2, 0.25) is 0 Å². The molecule has 0 saturated heterocycles. The van der Waals surface area contributed by atoms with E-state index in [2.05, 4.69) is 10.6 Å². The lowest BCUT2D eigenvalue weighted by molar-refractivity contribution is -0.105. The third-order valence-electron chi connectivity index (χ3n) is 3.58. The van der Waals surface area contributed by atoms with Crippen molar-refractivity contribution in [2.24, 2.45) is 5.92 Å². The van der Waals surface area contributed by atoms with E-state index in [4.69, 9.17) is 5.73 Å². The van der Waals surface area contributed by atoms with Gasteiger partial charge in [0, 0.05) is 12.2 Å². The molecule has 0 aliphatic heterocycles. The molecule has 0 atom stereocenters. The second kappa shape index (κ2) is 6.28. The zero-order valence-electron chi connectivity index (χ0n) is 10.6. The van der Waals surface area contributed by atoms with Gasteiger partial charge in [-0.1, -0.05) is 19.3 Å². The van der Waals surface area contributed by atoms with Gasteiger partial charge >= 0.3 is 0 Å². The third-order valence-corrected chi connectivity index (χ3v) is 3.58. The topological polar surface area (TPSA) is 67.1 Å². The van der Waals surface area contributed by atoms with Gasteiger partial charge in [0.25, 0.3) is 0 Å². The molecule has 1 amide bonds. The number of amides is 1. The molecule has 4 N–H and O–H groups in total. The van der Waals surface area contributed by atoms with Gasteiger partial charge in [-0.25, -0.2) is 0 Å². The van der Waals surface area contributed by atoms with E-state index >= 15 is 0 Å². The van der Waals surface area contributed by atoms with Crippen LogP contribution in [0, 0.1) is 5.92 Å². The Morgan fingerprint density at radius 1 is 1.28 bits per heavy atom. The van der Waals surface area contributed by atoms with Gasteiger partial charge in [-0.05, 0) is 37.0 Å². The highest BCUT2D eigenvalue weighted by molar-refractivity contribution is 5.78. The summed E-state index contributed by atoms with van der Waals surface area (Å²) in [6, 6.07) is 5.55. The van der Waals surface area contributed by atoms with E-state index < -0.39 is 0 Å². The fraction of sp³-hybridized carbons (Fsp3) is 0.500. The number of anilines is 3. The maximum Gasteiger partial charge on any atom is 0.211 e. The maximum atomic E-state index is 10.3. The van der Waals surface area contributed by atoms with Gasteiger partial charge in [-0.3, -0.25) is 4.79 Å². The van der Waals surface area contributed by atoms with Crippen LogP contribution in [0.15, 0.2) is 18.2 Å². The molecule has 0 spiro atoms. The molecule has 0 radical (unpaired) electrons. The number of nitrogens with one attached hydrogen (secondary N) is 2. The molecule has 1 saturated carbocycles. The number of hydrogen-bond acceptors (Lipinski definition) is 3. The first-order valence-corrected chi connectivity index (χ1v) is 6.63. The largest absolute Gasteiger partial charge is 0.397 e. The summed E-state index contributed by atoms with van der Waals surface area (Å²) in [6.07, 6.45) is 7.37. The van der Waals surface area contributed by atoms with Crippen molar-refractivity contribution in [3.05, 3.63) is 18.2 Å². The van der Waals surface area contributed by atoms with Crippen LogP contribution in [0.1, 0.15) is 32.1 Å². The molecule has 4 nitrogen and oxygen atoms in total. The lowest BCUT2D eigenvalue weighted by Crippen LogP contribution is -2.17. The van der Waals surface area contributed by atoms with Crippen LogP contribution >= 0.6 is 0 Å². The smallest absolute Gasteiger partial charge is 0.211 e. The molecule has 0 heterocycles. The van der Waals surface area contributed by atoms with Crippen LogP contribution < -0.4 is 16.4 Å². The number of benzene rings is 1. The molecule has 1 aromatic carbocycles. The molecule has 1 aliphatic rings. The van der Waals surface area contributed by atoms with E-state index in [-0.39, 0.29) is 0 Å². The van der Waals surface area contributed by atoms with Crippen LogP contribution in [0.5, 0.6) is 0 Å². The van der Waals surface area contributed by atoms with Crippen molar-refractivity contribution in [1.82, 2.24) is 0 Å². The molecular formula is C14H21N3O. The van der Waals surface area contributed by atoms with Crippen LogP contribution in [-0.2, 0) is 4.79 Å². The molecule has 4 heteroatoms. The molecule has 1 aromatic rings. The molecule has 0 aromatic heterocycles. The Bertz CT molecular complexity index is 400. The maximum absolute atomic E-state index is 10.3. The number of nitrogen functional groups attached to an aromatic ring is 1. The number of carbonyl (C=O) groups excluding carboxylic acids is 1. The molecule has 0 unspecified atom stereocenters. The Labute approximate surface area is 108 Å². The highest BCUT2D eigenvalue weighted by atomic mass is 16.1. The molecular weight excluding hydrogens is 226 g/mol. The van der Waals surface area contributed by atoms with Crippen molar-refractivity contribution in [3.8, 4) is 0 Å². The van der Waals surface area contributed by atoms with Crippen molar-refractivity contribution < 1.29 is 4.79 Å². The van der Waals surface area contributed by atoms with Crippen molar-refractivity contribution in [3.63, 3.8) is 0 Å². The SMILES string of the molecule is Nc1cc(NC=O)ccc1NCC1CCCCC1. The van der Waals surface area contributed by atoms with Crippen molar-refractivity contribution in [2.75, 3.05) is 22.9 Å². The van der Waals surface area contributed by atoms with Crippen molar-refractivity contribution in [2.45, 2.75) is 32.1 Å². The first-order valence-electron chi connectivity index (χ1n) is 6.63. The predicted molar refractivity (Wildman–Crippen MR) is 75.6 cm³/mol. The van der Waals surface area contributed by atoms with Crippen LogP contribution in [0.3, 0.4) is 0 Å².